The number of ether oxygens (including phenoxy) is 3. The molecule has 0 aliphatic carbocycles. The average molecular weight is 408 g/mol. The number of nitrogens with zero attached hydrogens (tertiary/aromatic N) is 1. The number of benzene rings is 2. The average Bonchev–Trinajstić information content (AvgIpc) is 2.74. The van der Waals surface area contributed by atoms with Gasteiger partial charge in [0.15, 0.2) is 18.1 Å². The molecule has 1 heterocycles. The zero-order valence-corrected chi connectivity index (χ0v) is 17.2. The van der Waals surface area contributed by atoms with E-state index in [9.17, 15) is 9.59 Å². The fourth-order valence-corrected chi connectivity index (χ4v) is 3.04. The van der Waals surface area contributed by atoms with Gasteiger partial charge in [0.1, 0.15) is 5.75 Å². The van der Waals surface area contributed by atoms with Crippen LogP contribution in [0.5, 0.6) is 17.2 Å². The summed E-state index contributed by atoms with van der Waals surface area (Å²) < 4.78 is 16.0. The van der Waals surface area contributed by atoms with Gasteiger partial charge in [-0.15, -0.1) is 0 Å². The Morgan fingerprint density at radius 2 is 1.97 bits per heavy atom. The molecule has 156 valence electrons. The standard InChI is InChI=1S/C23H24N2O5/c1-15(2)13-25-18-12-17(7-9-19(18)30-14-23(25)27)24-22(26)10-6-16-5-8-20(28-3)21(11-16)29-4/h5-12H,1,13-14H2,2-4H3,(H,24,26)/b10-6+. The summed E-state index contributed by atoms with van der Waals surface area (Å²) in [6.45, 7) is 6.11. The van der Waals surface area contributed by atoms with E-state index in [1.165, 1.54) is 6.08 Å². The maximum atomic E-state index is 12.4. The maximum Gasteiger partial charge on any atom is 0.265 e. The fourth-order valence-electron chi connectivity index (χ4n) is 3.04. The third-order valence-corrected chi connectivity index (χ3v) is 4.43. The van der Waals surface area contributed by atoms with Crippen LogP contribution in [0.3, 0.4) is 0 Å². The molecule has 0 unspecified atom stereocenters. The molecule has 0 saturated heterocycles. The Morgan fingerprint density at radius 1 is 1.20 bits per heavy atom. The van der Waals surface area contributed by atoms with Crippen molar-refractivity contribution >= 4 is 29.3 Å². The van der Waals surface area contributed by atoms with Gasteiger partial charge < -0.3 is 24.4 Å². The zero-order chi connectivity index (χ0) is 21.7. The zero-order valence-electron chi connectivity index (χ0n) is 17.2. The summed E-state index contributed by atoms with van der Waals surface area (Å²) in [6, 6.07) is 10.6. The number of carbonyl (C=O) groups excluding carboxylic acids is 2. The first-order chi connectivity index (χ1) is 14.4. The second-order valence-electron chi connectivity index (χ2n) is 6.85. The van der Waals surface area contributed by atoms with Crippen LogP contribution in [0.2, 0.25) is 0 Å². The van der Waals surface area contributed by atoms with Gasteiger partial charge in [-0.3, -0.25) is 9.59 Å². The molecule has 1 N–H and O–H groups in total. The highest BCUT2D eigenvalue weighted by molar-refractivity contribution is 6.03. The molecule has 7 heteroatoms. The summed E-state index contributed by atoms with van der Waals surface area (Å²) in [6.07, 6.45) is 3.10. The summed E-state index contributed by atoms with van der Waals surface area (Å²) in [5, 5.41) is 2.80. The number of anilines is 2. The van der Waals surface area contributed by atoms with Crippen molar-refractivity contribution in [3.63, 3.8) is 0 Å². The van der Waals surface area contributed by atoms with Crippen LogP contribution in [0.4, 0.5) is 11.4 Å². The molecule has 30 heavy (non-hydrogen) atoms. The van der Waals surface area contributed by atoms with Crippen LogP contribution in [-0.2, 0) is 9.59 Å². The van der Waals surface area contributed by atoms with Crippen molar-refractivity contribution in [2.45, 2.75) is 6.92 Å². The highest BCUT2D eigenvalue weighted by atomic mass is 16.5. The second-order valence-corrected chi connectivity index (χ2v) is 6.85. The molecular weight excluding hydrogens is 384 g/mol. The fraction of sp³-hybridized carbons (Fsp3) is 0.217. The molecule has 3 rings (SSSR count). The molecule has 7 nitrogen and oxygen atoms in total. The van der Waals surface area contributed by atoms with Crippen molar-refractivity contribution in [1.29, 1.82) is 0 Å². The molecule has 1 aliphatic rings. The van der Waals surface area contributed by atoms with Gasteiger partial charge in [-0.05, 0) is 48.9 Å². The van der Waals surface area contributed by atoms with Gasteiger partial charge in [-0.2, -0.15) is 0 Å². The topological polar surface area (TPSA) is 77.1 Å². The number of amides is 2. The van der Waals surface area contributed by atoms with Crippen molar-refractivity contribution in [2.75, 3.05) is 37.6 Å². The largest absolute Gasteiger partial charge is 0.493 e. The number of methoxy groups -OCH3 is 2. The lowest BCUT2D eigenvalue weighted by Crippen LogP contribution is -2.39. The number of carbonyl (C=O) groups is 2. The molecule has 0 atom stereocenters. The van der Waals surface area contributed by atoms with E-state index in [2.05, 4.69) is 11.9 Å². The summed E-state index contributed by atoms with van der Waals surface area (Å²) >= 11 is 0. The quantitative estimate of drug-likeness (QED) is 0.559. The second kappa shape index (κ2) is 9.17. The molecule has 0 radical (unpaired) electrons. The van der Waals surface area contributed by atoms with E-state index >= 15 is 0 Å². The molecule has 2 amide bonds. The van der Waals surface area contributed by atoms with E-state index < -0.39 is 0 Å². The van der Waals surface area contributed by atoms with Crippen molar-refractivity contribution in [1.82, 2.24) is 0 Å². The van der Waals surface area contributed by atoms with Gasteiger partial charge in [0.05, 0.1) is 19.9 Å². The van der Waals surface area contributed by atoms with Gasteiger partial charge in [-0.25, -0.2) is 0 Å². The first kappa shape index (κ1) is 21.0. The van der Waals surface area contributed by atoms with E-state index in [4.69, 9.17) is 14.2 Å². The maximum absolute atomic E-state index is 12.4. The molecule has 2 aromatic rings. The van der Waals surface area contributed by atoms with Gasteiger partial charge >= 0.3 is 0 Å². The predicted octanol–water partition coefficient (Wildman–Crippen LogP) is 3.66. The van der Waals surface area contributed by atoms with Crippen LogP contribution < -0.4 is 24.4 Å². The highest BCUT2D eigenvalue weighted by Gasteiger charge is 2.25. The highest BCUT2D eigenvalue weighted by Crippen LogP contribution is 2.35. The Morgan fingerprint density at radius 3 is 2.67 bits per heavy atom. The van der Waals surface area contributed by atoms with Crippen LogP contribution in [0.25, 0.3) is 6.08 Å². The summed E-state index contributed by atoms with van der Waals surface area (Å²) in [5.74, 6) is 1.33. The third kappa shape index (κ3) is 4.81. The van der Waals surface area contributed by atoms with Crippen LogP contribution in [-0.4, -0.2) is 39.2 Å². The molecule has 0 bridgehead atoms. The Kier molecular flexibility index (Phi) is 6.41. The van der Waals surface area contributed by atoms with Crippen molar-refractivity contribution in [2.24, 2.45) is 0 Å². The number of hydrogen-bond acceptors (Lipinski definition) is 5. The third-order valence-electron chi connectivity index (χ3n) is 4.43. The van der Waals surface area contributed by atoms with Gasteiger partial charge in [0.2, 0.25) is 5.91 Å². The van der Waals surface area contributed by atoms with Crippen LogP contribution >= 0.6 is 0 Å². The number of hydrogen-bond donors (Lipinski definition) is 1. The molecular formula is C23H24N2O5. The summed E-state index contributed by atoms with van der Waals surface area (Å²) in [4.78, 5) is 26.2. The Hall–Kier alpha value is -3.74. The molecule has 2 aromatic carbocycles. The van der Waals surface area contributed by atoms with Gasteiger partial charge in [0.25, 0.3) is 5.91 Å². The van der Waals surface area contributed by atoms with E-state index in [0.29, 0.717) is 35.2 Å². The van der Waals surface area contributed by atoms with Crippen molar-refractivity contribution < 1.29 is 23.8 Å². The Balaban J connectivity index is 1.74. The Bertz CT molecular complexity index is 1010. The van der Waals surface area contributed by atoms with Crippen LogP contribution in [0.1, 0.15) is 12.5 Å². The number of nitrogens with one attached hydrogen (secondary N) is 1. The molecule has 0 spiro atoms. The number of rotatable bonds is 7. The van der Waals surface area contributed by atoms with Crippen LogP contribution in [0.15, 0.2) is 54.6 Å². The predicted molar refractivity (Wildman–Crippen MR) is 116 cm³/mol. The minimum absolute atomic E-state index is 0.0138. The monoisotopic (exact) mass is 408 g/mol. The lowest BCUT2D eigenvalue weighted by atomic mass is 10.1. The lowest BCUT2D eigenvalue weighted by molar-refractivity contribution is -0.121. The minimum atomic E-state index is -0.306. The minimum Gasteiger partial charge on any atom is -0.493 e. The summed E-state index contributed by atoms with van der Waals surface area (Å²) in [7, 11) is 3.12. The lowest BCUT2D eigenvalue weighted by Gasteiger charge is -2.30. The Labute approximate surface area is 175 Å². The molecule has 0 aromatic heterocycles. The van der Waals surface area contributed by atoms with Crippen molar-refractivity contribution in [3.05, 3.63) is 60.2 Å². The van der Waals surface area contributed by atoms with E-state index in [1.807, 2.05) is 13.0 Å². The smallest absolute Gasteiger partial charge is 0.265 e. The first-order valence-corrected chi connectivity index (χ1v) is 9.34. The van der Waals surface area contributed by atoms with E-state index in [-0.39, 0.29) is 18.4 Å². The van der Waals surface area contributed by atoms with Crippen molar-refractivity contribution in [3.8, 4) is 17.2 Å². The SMILES string of the molecule is C=C(C)CN1C(=O)COc2ccc(NC(=O)/C=C/c3ccc(OC)c(OC)c3)cc21. The van der Waals surface area contributed by atoms with E-state index in [1.54, 1.807) is 55.5 Å². The first-order valence-electron chi connectivity index (χ1n) is 9.34. The van der Waals surface area contributed by atoms with Crippen LogP contribution in [0, 0.1) is 0 Å². The normalized spacial score (nSPS) is 12.9. The molecule has 0 saturated carbocycles. The molecule has 1 aliphatic heterocycles. The van der Waals surface area contributed by atoms with Gasteiger partial charge in [0, 0.05) is 18.3 Å². The molecule has 0 fully saturated rings. The van der Waals surface area contributed by atoms with Gasteiger partial charge in [-0.1, -0.05) is 18.2 Å². The number of fused-ring (bicyclic) bond motifs is 1. The van der Waals surface area contributed by atoms with E-state index in [0.717, 1.165) is 11.1 Å². The summed E-state index contributed by atoms with van der Waals surface area (Å²) in [5.41, 5.74) is 2.81.